The average Bonchev–Trinajstić information content (AvgIpc) is 2.76. The Hall–Kier alpha value is -2.60. The topological polar surface area (TPSA) is 66.5 Å². The van der Waals surface area contributed by atoms with E-state index in [4.69, 9.17) is 0 Å². The van der Waals surface area contributed by atoms with Gasteiger partial charge in [0.2, 0.25) is 10.0 Å². The van der Waals surface area contributed by atoms with E-state index in [0.29, 0.717) is 23.7 Å². The van der Waals surface area contributed by atoms with Crippen molar-refractivity contribution in [3.05, 3.63) is 76.9 Å². The van der Waals surface area contributed by atoms with Crippen LogP contribution in [0.25, 0.3) is 0 Å². The van der Waals surface area contributed by atoms with Gasteiger partial charge in [0.1, 0.15) is 0 Å². The Morgan fingerprint density at radius 2 is 1.71 bits per heavy atom. The lowest BCUT2D eigenvalue weighted by Gasteiger charge is -2.23. The van der Waals surface area contributed by atoms with Crippen LogP contribution in [0, 0.1) is 0 Å². The van der Waals surface area contributed by atoms with Crippen LogP contribution in [0.4, 0.5) is 5.69 Å². The molecule has 1 aliphatic carbocycles. The fourth-order valence-electron chi connectivity index (χ4n) is 3.71. The number of carbonyl (C=O) groups excluding carboxylic acids is 1. The van der Waals surface area contributed by atoms with E-state index in [1.165, 1.54) is 29.0 Å². The highest BCUT2D eigenvalue weighted by Gasteiger charge is 2.18. The van der Waals surface area contributed by atoms with Crippen LogP contribution in [0.1, 0.15) is 66.9 Å². The van der Waals surface area contributed by atoms with Crippen molar-refractivity contribution >= 4 is 21.6 Å². The van der Waals surface area contributed by atoms with Crippen LogP contribution < -0.4 is 9.62 Å². The Morgan fingerprint density at radius 1 is 1.03 bits per heavy atom. The minimum absolute atomic E-state index is 0.109. The molecule has 5 nitrogen and oxygen atoms in total. The third-order valence-electron chi connectivity index (χ3n) is 5.65. The third-order valence-corrected chi connectivity index (χ3v) is 6.79. The summed E-state index contributed by atoms with van der Waals surface area (Å²) in [7, 11) is -3.45. The molecular weight excluding hydrogens is 408 g/mol. The van der Waals surface area contributed by atoms with Crippen LogP contribution in [0.15, 0.2) is 60.2 Å². The Balaban J connectivity index is 1.68. The molecular formula is C25H32N2O3S. The van der Waals surface area contributed by atoms with Gasteiger partial charge >= 0.3 is 0 Å². The summed E-state index contributed by atoms with van der Waals surface area (Å²) in [6.07, 6.45) is 8.00. The summed E-state index contributed by atoms with van der Waals surface area (Å²) in [5.74, 6) is 0.274. The van der Waals surface area contributed by atoms with Crippen molar-refractivity contribution in [1.82, 2.24) is 5.32 Å². The molecule has 0 bridgehead atoms. The van der Waals surface area contributed by atoms with Gasteiger partial charge in [0.25, 0.3) is 5.91 Å². The first-order valence-electron chi connectivity index (χ1n) is 10.9. The highest BCUT2D eigenvalue weighted by Crippen LogP contribution is 2.24. The van der Waals surface area contributed by atoms with Crippen molar-refractivity contribution in [2.45, 2.75) is 52.0 Å². The number of amides is 1. The molecule has 0 unspecified atom stereocenters. The van der Waals surface area contributed by atoms with Gasteiger partial charge in [-0.15, -0.1) is 0 Å². The van der Waals surface area contributed by atoms with Gasteiger partial charge in [-0.05, 0) is 67.0 Å². The molecule has 0 saturated heterocycles. The molecule has 0 radical (unpaired) electrons. The lowest BCUT2D eigenvalue weighted by Crippen LogP contribution is -2.29. The first kappa shape index (κ1) is 23.1. The predicted octanol–water partition coefficient (Wildman–Crippen LogP) is 5.01. The van der Waals surface area contributed by atoms with Crippen LogP contribution in [0.3, 0.4) is 0 Å². The zero-order valence-electron chi connectivity index (χ0n) is 18.6. The summed E-state index contributed by atoms with van der Waals surface area (Å²) < 4.78 is 26.2. The number of benzene rings is 2. The normalized spacial score (nSPS) is 14.3. The minimum Gasteiger partial charge on any atom is -0.348 e. The zero-order valence-corrected chi connectivity index (χ0v) is 19.4. The summed E-state index contributed by atoms with van der Waals surface area (Å²) in [5.41, 5.74) is 4.49. The highest BCUT2D eigenvalue weighted by atomic mass is 32.2. The Bertz CT molecular complexity index is 1020. The van der Waals surface area contributed by atoms with Crippen molar-refractivity contribution in [2.24, 2.45) is 0 Å². The number of hydrogen-bond donors (Lipinski definition) is 1. The molecule has 3 rings (SSSR count). The SMILES string of the molecule is CC(C)c1ccc(N(Cc2ccc(C(=O)NCC3=CCCCC3)cc2)S(C)(=O)=O)cc1. The second-order valence-electron chi connectivity index (χ2n) is 8.50. The maximum absolute atomic E-state index is 12.4. The van der Waals surface area contributed by atoms with Crippen LogP contribution in [0.2, 0.25) is 0 Å². The molecule has 166 valence electrons. The molecule has 31 heavy (non-hydrogen) atoms. The van der Waals surface area contributed by atoms with E-state index in [1.807, 2.05) is 36.4 Å². The summed E-state index contributed by atoms with van der Waals surface area (Å²) in [6.45, 7) is 5.02. The largest absolute Gasteiger partial charge is 0.348 e. The minimum atomic E-state index is -3.45. The lowest BCUT2D eigenvalue weighted by atomic mass is 9.99. The quantitative estimate of drug-likeness (QED) is 0.587. The molecule has 0 heterocycles. The molecule has 1 aliphatic rings. The van der Waals surface area contributed by atoms with Gasteiger partial charge in [-0.3, -0.25) is 9.10 Å². The summed E-state index contributed by atoms with van der Waals surface area (Å²) >= 11 is 0. The maximum Gasteiger partial charge on any atom is 0.251 e. The molecule has 1 N–H and O–H groups in total. The second-order valence-corrected chi connectivity index (χ2v) is 10.4. The molecule has 2 aromatic rings. The molecule has 0 atom stereocenters. The van der Waals surface area contributed by atoms with Crippen LogP contribution >= 0.6 is 0 Å². The first-order chi connectivity index (χ1) is 14.7. The average molecular weight is 441 g/mol. The van der Waals surface area contributed by atoms with Gasteiger partial charge in [0.15, 0.2) is 0 Å². The van der Waals surface area contributed by atoms with Gasteiger partial charge in [0, 0.05) is 12.1 Å². The molecule has 1 amide bonds. The van der Waals surface area contributed by atoms with Crippen LogP contribution in [-0.4, -0.2) is 27.1 Å². The molecule has 6 heteroatoms. The number of carbonyl (C=O) groups is 1. The van der Waals surface area contributed by atoms with Crippen molar-refractivity contribution < 1.29 is 13.2 Å². The van der Waals surface area contributed by atoms with Crippen LogP contribution in [0.5, 0.6) is 0 Å². The number of nitrogens with one attached hydrogen (secondary N) is 1. The summed E-state index contributed by atoms with van der Waals surface area (Å²) in [4.78, 5) is 12.4. The number of allylic oxidation sites excluding steroid dienone is 1. The van der Waals surface area contributed by atoms with Crippen molar-refractivity contribution in [3.8, 4) is 0 Å². The van der Waals surface area contributed by atoms with Gasteiger partial charge < -0.3 is 5.32 Å². The van der Waals surface area contributed by atoms with Gasteiger partial charge in [-0.25, -0.2) is 8.42 Å². The van der Waals surface area contributed by atoms with Crippen molar-refractivity contribution in [1.29, 1.82) is 0 Å². The number of anilines is 1. The van der Waals surface area contributed by atoms with E-state index in [9.17, 15) is 13.2 Å². The monoisotopic (exact) mass is 440 g/mol. The van der Waals surface area contributed by atoms with E-state index >= 15 is 0 Å². The highest BCUT2D eigenvalue weighted by molar-refractivity contribution is 7.92. The maximum atomic E-state index is 12.4. The third kappa shape index (κ3) is 6.44. The summed E-state index contributed by atoms with van der Waals surface area (Å²) in [6, 6.07) is 14.8. The number of nitrogens with zero attached hydrogens (tertiary/aromatic N) is 1. The Labute approximate surface area is 186 Å². The van der Waals surface area contributed by atoms with Crippen molar-refractivity contribution in [3.63, 3.8) is 0 Å². The molecule has 0 aliphatic heterocycles. The zero-order chi connectivity index (χ0) is 22.4. The van der Waals surface area contributed by atoms with Crippen LogP contribution in [-0.2, 0) is 16.6 Å². The first-order valence-corrected chi connectivity index (χ1v) is 12.7. The molecule has 2 aromatic carbocycles. The Kier molecular flexibility index (Phi) is 7.55. The van der Waals surface area contributed by atoms with E-state index in [-0.39, 0.29) is 12.5 Å². The Morgan fingerprint density at radius 3 is 2.26 bits per heavy atom. The number of sulfonamides is 1. The van der Waals surface area contributed by atoms with E-state index in [0.717, 1.165) is 24.0 Å². The van der Waals surface area contributed by atoms with E-state index in [2.05, 4.69) is 25.2 Å². The van der Waals surface area contributed by atoms with E-state index in [1.54, 1.807) is 12.1 Å². The smallest absolute Gasteiger partial charge is 0.251 e. The molecule has 0 fully saturated rings. The fourth-order valence-corrected chi connectivity index (χ4v) is 4.60. The molecule has 0 aromatic heterocycles. The predicted molar refractivity (Wildman–Crippen MR) is 127 cm³/mol. The number of hydrogen-bond acceptors (Lipinski definition) is 3. The molecule has 0 spiro atoms. The standard InChI is InChI=1S/C25H32N2O3S/c1-19(2)22-13-15-24(16-14-22)27(31(3,29)30)18-21-9-11-23(12-10-21)25(28)26-17-20-7-5-4-6-8-20/h7,9-16,19H,4-6,8,17-18H2,1-3H3,(H,26,28). The van der Waals surface area contributed by atoms with Gasteiger partial charge in [-0.1, -0.05) is 49.8 Å². The van der Waals surface area contributed by atoms with Gasteiger partial charge in [-0.2, -0.15) is 0 Å². The summed E-state index contributed by atoms with van der Waals surface area (Å²) in [5, 5.41) is 2.98. The van der Waals surface area contributed by atoms with Crippen molar-refractivity contribution in [2.75, 3.05) is 17.1 Å². The fraction of sp³-hybridized carbons (Fsp3) is 0.400. The molecule has 0 saturated carbocycles. The van der Waals surface area contributed by atoms with Gasteiger partial charge in [0.05, 0.1) is 18.5 Å². The second kappa shape index (κ2) is 10.1. The lowest BCUT2D eigenvalue weighted by molar-refractivity contribution is 0.0956. The number of rotatable bonds is 8. The van der Waals surface area contributed by atoms with E-state index < -0.39 is 10.0 Å².